The van der Waals surface area contributed by atoms with Gasteiger partial charge in [0.2, 0.25) is 10.0 Å². The average molecular weight is 310 g/mol. The van der Waals surface area contributed by atoms with E-state index in [2.05, 4.69) is 0 Å². The van der Waals surface area contributed by atoms with E-state index in [1.54, 1.807) is 0 Å². The fourth-order valence-electron chi connectivity index (χ4n) is 1.98. The van der Waals surface area contributed by atoms with Gasteiger partial charge in [0.15, 0.2) is 0 Å². The Morgan fingerprint density at radius 1 is 1.47 bits per heavy atom. The molecule has 0 saturated carbocycles. The highest BCUT2D eigenvalue weighted by molar-refractivity contribution is 7.89. The first-order valence-corrected chi connectivity index (χ1v) is 7.39. The number of rotatable bonds is 3. The van der Waals surface area contributed by atoms with Gasteiger partial charge in [-0.2, -0.15) is 4.31 Å². The van der Waals surface area contributed by atoms with Gasteiger partial charge in [0.05, 0.1) is 11.6 Å². The average Bonchev–Trinajstić information content (AvgIpc) is 2.73. The lowest BCUT2D eigenvalue weighted by Crippen LogP contribution is -2.38. The van der Waals surface area contributed by atoms with Crippen LogP contribution in [0.2, 0.25) is 5.02 Å². The Morgan fingerprint density at radius 2 is 2.16 bits per heavy atom. The molecule has 0 bridgehead atoms. The van der Waals surface area contributed by atoms with E-state index in [4.69, 9.17) is 16.7 Å². The van der Waals surface area contributed by atoms with Crippen LogP contribution in [0.1, 0.15) is 6.42 Å². The van der Waals surface area contributed by atoms with E-state index >= 15 is 0 Å². The quantitative estimate of drug-likeness (QED) is 0.857. The molecular formula is C11H13ClFNO4S. The van der Waals surface area contributed by atoms with Crippen LogP contribution in [0.5, 0.6) is 0 Å². The molecule has 0 radical (unpaired) electrons. The Labute approximate surface area is 115 Å². The maximum absolute atomic E-state index is 12.9. The van der Waals surface area contributed by atoms with E-state index in [1.807, 2.05) is 0 Å². The molecule has 2 rings (SSSR count). The molecule has 1 aliphatic heterocycles. The molecule has 1 aliphatic rings. The van der Waals surface area contributed by atoms with Gasteiger partial charge in [-0.15, -0.1) is 0 Å². The molecule has 0 unspecified atom stereocenters. The predicted molar refractivity (Wildman–Crippen MR) is 66.8 cm³/mol. The van der Waals surface area contributed by atoms with Gasteiger partial charge in [0, 0.05) is 13.1 Å². The van der Waals surface area contributed by atoms with Gasteiger partial charge >= 0.3 is 0 Å². The number of aliphatic hydroxyl groups is 2. The summed E-state index contributed by atoms with van der Waals surface area (Å²) in [7, 11) is -3.90. The fraction of sp³-hybridized carbons (Fsp3) is 0.455. The Morgan fingerprint density at radius 3 is 2.68 bits per heavy atom. The Kier molecular flexibility index (Phi) is 3.85. The number of hydrogen-bond donors (Lipinski definition) is 2. The van der Waals surface area contributed by atoms with Crippen LogP contribution in [0.25, 0.3) is 0 Å². The van der Waals surface area contributed by atoms with Gasteiger partial charge in [-0.1, -0.05) is 11.6 Å². The summed E-state index contributed by atoms with van der Waals surface area (Å²) >= 11 is 5.74. The van der Waals surface area contributed by atoms with E-state index in [9.17, 15) is 17.9 Å². The Hall–Kier alpha value is -0.730. The first-order valence-electron chi connectivity index (χ1n) is 5.57. The maximum atomic E-state index is 12.9. The van der Waals surface area contributed by atoms with Crippen LogP contribution in [-0.2, 0) is 10.0 Å². The highest BCUT2D eigenvalue weighted by Crippen LogP contribution is 2.30. The lowest BCUT2D eigenvalue weighted by atomic mass is 10.1. The van der Waals surface area contributed by atoms with Crippen LogP contribution in [0.3, 0.4) is 0 Å². The molecule has 19 heavy (non-hydrogen) atoms. The predicted octanol–water partition coefficient (Wildman–Crippen LogP) is 0.597. The molecule has 1 aromatic rings. The van der Waals surface area contributed by atoms with Gasteiger partial charge in [-0.05, 0) is 24.6 Å². The lowest BCUT2D eigenvalue weighted by molar-refractivity contribution is -0.000734. The molecule has 8 heteroatoms. The Balaban J connectivity index is 2.34. The number of halogens is 2. The van der Waals surface area contributed by atoms with Crippen molar-refractivity contribution in [3.05, 3.63) is 29.0 Å². The molecule has 0 aliphatic carbocycles. The topological polar surface area (TPSA) is 77.8 Å². The summed E-state index contributed by atoms with van der Waals surface area (Å²) in [6.07, 6.45) is 0.140. The number of sulfonamides is 1. The monoisotopic (exact) mass is 309 g/mol. The normalized spacial score (nSPS) is 24.8. The zero-order valence-corrected chi connectivity index (χ0v) is 11.5. The second-order valence-corrected chi connectivity index (χ2v) is 6.86. The third-order valence-corrected chi connectivity index (χ3v) is 5.43. The number of hydrogen-bond acceptors (Lipinski definition) is 4. The van der Waals surface area contributed by atoms with Crippen molar-refractivity contribution in [2.75, 3.05) is 19.7 Å². The van der Waals surface area contributed by atoms with E-state index in [-0.39, 0.29) is 29.4 Å². The molecule has 2 N–H and O–H groups in total. The zero-order chi connectivity index (χ0) is 14.3. The van der Waals surface area contributed by atoms with Crippen molar-refractivity contribution in [2.45, 2.75) is 16.9 Å². The summed E-state index contributed by atoms with van der Waals surface area (Å²) in [5.74, 6) is -0.628. The van der Waals surface area contributed by atoms with E-state index in [1.165, 1.54) is 0 Å². The van der Waals surface area contributed by atoms with Crippen molar-refractivity contribution in [3.63, 3.8) is 0 Å². The van der Waals surface area contributed by atoms with Crippen molar-refractivity contribution in [1.29, 1.82) is 0 Å². The molecule has 1 saturated heterocycles. The summed E-state index contributed by atoms with van der Waals surface area (Å²) in [5, 5.41) is 18.7. The molecular weight excluding hydrogens is 297 g/mol. The smallest absolute Gasteiger partial charge is 0.244 e. The third-order valence-electron chi connectivity index (χ3n) is 3.10. The van der Waals surface area contributed by atoms with Crippen LogP contribution < -0.4 is 0 Å². The summed E-state index contributed by atoms with van der Waals surface area (Å²) in [5.41, 5.74) is -1.43. The molecule has 1 fully saturated rings. The Bertz CT molecular complexity index is 594. The fourth-order valence-corrected chi connectivity index (χ4v) is 4.00. The van der Waals surface area contributed by atoms with Crippen molar-refractivity contribution in [1.82, 2.24) is 4.31 Å². The first kappa shape index (κ1) is 14.7. The second kappa shape index (κ2) is 4.99. The maximum Gasteiger partial charge on any atom is 0.244 e. The molecule has 1 aromatic carbocycles. The van der Waals surface area contributed by atoms with Gasteiger partial charge in [-0.3, -0.25) is 0 Å². The van der Waals surface area contributed by atoms with Gasteiger partial charge in [0.1, 0.15) is 16.3 Å². The molecule has 0 spiro atoms. The van der Waals surface area contributed by atoms with Crippen LogP contribution in [-0.4, -0.2) is 48.2 Å². The molecule has 5 nitrogen and oxygen atoms in total. The van der Waals surface area contributed by atoms with Crippen molar-refractivity contribution in [2.24, 2.45) is 0 Å². The van der Waals surface area contributed by atoms with Crippen LogP contribution in [0.4, 0.5) is 4.39 Å². The van der Waals surface area contributed by atoms with Crippen molar-refractivity contribution < 1.29 is 23.0 Å². The summed E-state index contributed by atoms with van der Waals surface area (Å²) in [6.45, 7) is -0.650. The highest BCUT2D eigenvalue weighted by Gasteiger charge is 2.41. The van der Waals surface area contributed by atoms with Gasteiger partial charge < -0.3 is 10.2 Å². The third kappa shape index (κ3) is 2.75. The molecule has 1 atom stereocenters. The minimum atomic E-state index is -3.90. The number of aliphatic hydroxyl groups excluding tert-OH is 1. The lowest BCUT2D eigenvalue weighted by Gasteiger charge is -2.21. The van der Waals surface area contributed by atoms with Crippen LogP contribution in [0, 0.1) is 5.82 Å². The standard InChI is InChI=1S/C11H13ClFNO4S/c12-9-5-8(13)1-2-10(9)19(17,18)14-4-3-11(16,6-14)7-15/h1-2,5,15-16H,3-4,6-7H2/t11-/m1/s1. The first-order chi connectivity index (χ1) is 8.78. The minimum absolute atomic E-state index is 0.0765. The SMILES string of the molecule is O=S(=O)(c1ccc(F)cc1Cl)N1CC[C@](O)(CO)C1. The van der Waals surface area contributed by atoms with E-state index in [0.717, 1.165) is 22.5 Å². The number of benzene rings is 1. The van der Waals surface area contributed by atoms with Crippen molar-refractivity contribution in [3.8, 4) is 0 Å². The summed E-state index contributed by atoms with van der Waals surface area (Å²) in [4.78, 5) is -0.210. The second-order valence-electron chi connectivity index (χ2n) is 4.55. The zero-order valence-electron chi connectivity index (χ0n) is 9.88. The molecule has 0 aromatic heterocycles. The summed E-state index contributed by atoms with van der Waals surface area (Å²) in [6, 6.07) is 3.01. The van der Waals surface area contributed by atoms with Gasteiger partial charge in [0.25, 0.3) is 0 Å². The van der Waals surface area contributed by atoms with Crippen molar-refractivity contribution >= 4 is 21.6 Å². The molecule has 1 heterocycles. The van der Waals surface area contributed by atoms with Crippen LogP contribution >= 0.6 is 11.6 Å². The summed E-state index contributed by atoms with van der Waals surface area (Å²) < 4.78 is 38.5. The largest absolute Gasteiger partial charge is 0.393 e. The van der Waals surface area contributed by atoms with Gasteiger partial charge in [-0.25, -0.2) is 12.8 Å². The molecule has 106 valence electrons. The van der Waals surface area contributed by atoms with E-state index in [0.29, 0.717) is 0 Å². The van der Waals surface area contributed by atoms with Crippen LogP contribution in [0.15, 0.2) is 23.1 Å². The minimum Gasteiger partial charge on any atom is -0.393 e. The number of β-amino-alcohol motifs (C(OH)–C–C–N with tert-alkyl or cyclic N) is 1. The molecule has 0 amide bonds. The van der Waals surface area contributed by atoms with E-state index < -0.39 is 28.0 Å². The number of nitrogens with zero attached hydrogens (tertiary/aromatic N) is 1. The highest BCUT2D eigenvalue weighted by atomic mass is 35.5.